The van der Waals surface area contributed by atoms with Gasteiger partial charge >= 0.3 is 0 Å². The highest BCUT2D eigenvalue weighted by atomic mass is 16.2. The number of carbonyl (C=O) groups is 2. The first-order chi connectivity index (χ1) is 18.8. The first kappa shape index (κ1) is 25.2. The number of amides is 2. The zero-order valence-electron chi connectivity index (χ0n) is 22.8. The largest absolute Gasteiger partial charge is 0.369 e. The summed E-state index contributed by atoms with van der Waals surface area (Å²) < 4.78 is 0. The average Bonchev–Trinajstić information content (AvgIpc) is 3.56. The molecule has 1 saturated heterocycles. The van der Waals surface area contributed by atoms with Gasteiger partial charge in [0, 0.05) is 57.2 Å². The molecule has 1 aromatic heterocycles. The third-order valence-electron chi connectivity index (χ3n) is 8.06. The molecule has 0 atom stereocenters. The minimum atomic E-state index is -0.418. The van der Waals surface area contributed by atoms with Gasteiger partial charge < -0.3 is 25.4 Å². The Hall–Kier alpha value is -4.10. The van der Waals surface area contributed by atoms with Gasteiger partial charge in [-0.05, 0) is 83.6 Å². The van der Waals surface area contributed by atoms with Crippen molar-refractivity contribution in [2.45, 2.75) is 25.3 Å². The van der Waals surface area contributed by atoms with Gasteiger partial charge in [-0.3, -0.25) is 9.59 Å². The van der Waals surface area contributed by atoms with Gasteiger partial charge in [0.05, 0.1) is 5.54 Å². The summed E-state index contributed by atoms with van der Waals surface area (Å²) in [6.07, 6.45) is 1.77. The molecule has 2 amide bonds. The van der Waals surface area contributed by atoms with Crippen molar-refractivity contribution in [1.82, 2.24) is 20.5 Å². The second-order valence-corrected chi connectivity index (χ2v) is 11.0. The fourth-order valence-electron chi connectivity index (χ4n) is 5.64. The SMILES string of the molecule is Cc1ccc(N2CCNCC2)cc1C(=O)NC1(c2cc(-c3ccc(C(=O)N(C)C)[nH]3)cc3ccccc23)CC1. The van der Waals surface area contributed by atoms with Crippen LogP contribution in [-0.4, -0.2) is 62.0 Å². The average molecular weight is 522 g/mol. The van der Waals surface area contributed by atoms with Gasteiger partial charge in [-0.2, -0.15) is 0 Å². The maximum Gasteiger partial charge on any atom is 0.269 e. The number of piperazine rings is 1. The fraction of sp³-hybridized carbons (Fsp3) is 0.312. The number of nitrogens with one attached hydrogen (secondary N) is 3. The zero-order chi connectivity index (χ0) is 27.1. The molecule has 3 aromatic carbocycles. The standard InChI is InChI=1S/C32H35N5O2/c1-21-8-9-24(37-16-14-33-15-17-37)20-26(21)30(38)35-32(12-13-32)27-19-23(18-22-6-4-5-7-25(22)27)28-10-11-29(34-28)31(39)36(2)3/h4-11,18-20,33-34H,12-17H2,1-3H3,(H,35,38). The summed E-state index contributed by atoms with van der Waals surface area (Å²) in [7, 11) is 3.50. The van der Waals surface area contributed by atoms with Crippen LogP contribution in [0, 0.1) is 6.92 Å². The van der Waals surface area contributed by atoms with Crippen LogP contribution in [0.4, 0.5) is 5.69 Å². The molecule has 0 spiro atoms. The maximum atomic E-state index is 13.8. The van der Waals surface area contributed by atoms with Gasteiger partial charge in [0.2, 0.25) is 0 Å². The Bertz CT molecular complexity index is 1560. The van der Waals surface area contributed by atoms with E-state index in [1.54, 1.807) is 19.0 Å². The van der Waals surface area contributed by atoms with Crippen LogP contribution in [0.5, 0.6) is 0 Å². The van der Waals surface area contributed by atoms with E-state index in [1.807, 2.05) is 37.3 Å². The lowest BCUT2D eigenvalue weighted by molar-refractivity contribution is 0.0822. The highest BCUT2D eigenvalue weighted by Gasteiger charge is 2.47. The number of benzene rings is 3. The van der Waals surface area contributed by atoms with Crippen LogP contribution in [0.2, 0.25) is 0 Å². The molecule has 6 rings (SSSR count). The van der Waals surface area contributed by atoms with E-state index in [-0.39, 0.29) is 11.8 Å². The Balaban J connectivity index is 1.34. The number of hydrogen-bond acceptors (Lipinski definition) is 4. The molecule has 2 fully saturated rings. The Morgan fingerprint density at radius 1 is 0.949 bits per heavy atom. The summed E-state index contributed by atoms with van der Waals surface area (Å²) in [6, 6.07) is 22.6. The van der Waals surface area contributed by atoms with Crippen molar-refractivity contribution in [3.05, 3.63) is 89.1 Å². The molecule has 200 valence electrons. The van der Waals surface area contributed by atoms with Crippen molar-refractivity contribution in [1.29, 1.82) is 0 Å². The number of aromatic amines is 1. The van der Waals surface area contributed by atoms with Gasteiger partial charge in [0.1, 0.15) is 5.69 Å². The predicted molar refractivity (Wildman–Crippen MR) is 156 cm³/mol. The third-order valence-corrected chi connectivity index (χ3v) is 8.06. The highest BCUT2D eigenvalue weighted by Crippen LogP contribution is 2.49. The summed E-state index contributed by atoms with van der Waals surface area (Å²) in [5, 5.41) is 9.08. The minimum Gasteiger partial charge on any atom is -0.369 e. The van der Waals surface area contributed by atoms with Crippen molar-refractivity contribution in [2.24, 2.45) is 0 Å². The molecule has 7 heteroatoms. The summed E-state index contributed by atoms with van der Waals surface area (Å²) in [4.78, 5) is 33.5. The topological polar surface area (TPSA) is 80.5 Å². The summed E-state index contributed by atoms with van der Waals surface area (Å²) in [5.74, 6) is -0.0955. The van der Waals surface area contributed by atoms with Crippen LogP contribution in [0.25, 0.3) is 22.0 Å². The third kappa shape index (κ3) is 4.79. The van der Waals surface area contributed by atoms with E-state index >= 15 is 0 Å². The van der Waals surface area contributed by atoms with E-state index in [2.05, 4.69) is 56.9 Å². The van der Waals surface area contributed by atoms with Gasteiger partial charge in [0.15, 0.2) is 0 Å². The molecule has 4 aromatic rings. The van der Waals surface area contributed by atoms with E-state index in [9.17, 15) is 9.59 Å². The molecule has 2 heterocycles. The van der Waals surface area contributed by atoms with Gasteiger partial charge in [0.25, 0.3) is 11.8 Å². The van der Waals surface area contributed by atoms with E-state index in [0.717, 1.165) is 83.4 Å². The normalized spacial score (nSPS) is 16.2. The zero-order valence-corrected chi connectivity index (χ0v) is 22.8. The van der Waals surface area contributed by atoms with Crippen LogP contribution in [0.15, 0.2) is 66.7 Å². The Kier molecular flexibility index (Phi) is 6.39. The van der Waals surface area contributed by atoms with E-state index in [1.165, 1.54) is 0 Å². The van der Waals surface area contributed by atoms with Gasteiger partial charge in [-0.25, -0.2) is 0 Å². The first-order valence-electron chi connectivity index (χ1n) is 13.7. The van der Waals surface area contributed by atoms with Gasteiger partial charge in [-0.15, -0.1) is 0 Å². The number of anilines is 1. The Morgan fingerprint density at radius 3 is 2.46 bits per heavy atom. The summed E-state index contributed by atoms with van der Waals surface area (Å²) in [5.41, 5.74) is 5.94. The van der Waals surface area contributed by atoms with Crippen molar-refractivity contribution in [2.75, 3.05) is 45.2 Å². The molecule has 39 heavy (non-hydrogen) atoms. The quantitative estimate of drug-likeness (QED) is 0.344. The Morgan fingerprint density at radius 2 is 1.72 bits per heavy atom. The Labute approximate surface area is 229 Å². The molecule has 0 unspecified atom stereocenters. The number of carbonyl (C=O) groups excluding carboxylic acids is 2. The molecule has 7 nitrogen and oxygen atoms in total. The molecular weight excluding hydrogens is 486 g/mol. The number of hydrogen-bond donors (Lipinski definition) is 3. The number of nitrogens with zero attached hydrogens (tertiary/aromatic N) is 2. The number of rotatable bonds is 6. The molecule has 1 saturated carbocycles. The van der Waals surface area contributed by atoms with E-state index in [0.29, 0.717) is 5.69 Å². The van der Waals surface area contributed by atoms with Crippen molar-refractivity contribution < 1.29 is 9.59 Å². The lowest BCUT2D eigenvalue weighted by Crippen LogP contribution is -2.43. The smallest absolute Gasteiger partial charge is 0.269 e. The van der Waals surface area contributed by atoms with Crippen molar-refractivity contribution in [3.63, 3.8) is 0 Å². The second-order valence-electron chi connectivity index (χ2n) is 11.0. The molecule has 2 aliphatic rings. The monoisotopic (exact) mass is 521 g/mol. The lowest BCUT2D eigenvalue weighted by Gasteiger charge is -2.30. The van der Waals surface area contributed by atoms with Crippen LogP contribution < -0.4 is 15.5 Å². The number of aromatic nitrogens is 1. The molecule has 3 N–H and O–H groups in total. The van der Waals surface area contributed by atoms with Crippen LogP contribution in [0.3, 0.4) is 0 Å². The van der Waals surface area contributed by atoms with Crippen molar-refractivity contribution >= 4 is 28.3 Å². The molecule has 0 bridgehead atoms. The van der Waals surface area contributed by atoms with Gasteiger partial charge in [-0.1, -0.05) is 30.3 Å². The molecule has 1 aliphatic heterocycles. The molecule has 0 radical (unpaired) electrons. The minimum absolute atomic E-state index is 0.0322. The molecular formula is C32H35N5O2. The highest BCUT2D eigenvalue weighted by molar-refractivity contribution is 5.99. The fourth-order valence-corrected chi connectivity index (χ4v) is 5.64. The van der Waals surface area contributed by atoms with Crippen LogP contribution in [-0.2, 0) is 5.54 Å². The van der Waals surface area contributed by atoms with Crippen LogP contribution in [0.1, 0.15) is 44.8 Å². The van der Waals surface area contributed by atoms with Crippen molar-refractivity contribution in [3.8, 4) is 11.3 Å². The maximum absolute atomic E-state index is 13.8. The second kappa shape index (κ2) is 9.89. The first-order valence-corrected chi connectivity index (χ1v) is 13.7. The van der Waals surface area contributed by atoms with E-state index in [4.69, 9.17) is 0 Å². The van der Waals surface area contributed by atoms with E-state index < -0.39 is 5.54 Å². The van der Waals surface area contributed by atoms with Crippen LogP contribution >= 0.6 is 0 Å². The number of fused-ring (bicyclic) bond motifs is 1. The summed E-state index contributed by atoms with van der Waals surface area (Å²) >= 11 is 0. The number of aryl methyl sites for hydroxylation is 1. The lowest BCUT2D eigenvalue weighted by atomic mass is 9.93. The number of H-pyrrole nitrogens is 1. The predicted octanol–water partition coefficient (Wildman–Crippen LogP) is 4.67. The molecule has 1 aliphatic carbocycles. The summed E-state index contributed by atoms with van der Waals surface area (Å²) in [6.45, 7) is 5.78.